The Morgan fingerprint density at radius 1 is 1.07 bits per heavy atom. The van der Waals surface area contributed by atoms with E-state index in [1.807, 2.05) is 54.6 Å². The molecule has 3 rings (SSSR count). The van der Waals surface area contributed by atoms with Crippen molar-refractivity contribution in [3.8, 4) is 0 Å². The van der Waals surface area contributed by atoms with Gasteiger partial charge in [0.15, 0.2) is 0 Å². The lowest BCUT2D eigenvalue weighted by molar-refractivity contribution is -0.146. The van der Waals surface area contributed by atoms with Crippen molar-refractivity contribution in [3.05, 3.63) is 65.7 Å². The number of benzene rings is 2. The zero-order valence-corrected chi connectivity index (χ0v) is 16.3. The van der Waals surface area contributed by atoms with Crippen LogP contribution in [-0.4, -0.2) is 50.4 Å². The number of likely N-dealkylation sites (N-methyl/N-ethyl adjacent to an activating group) is 2. The molecule has 0 aromatic heterocycles. The van der Waals surface area contributed by atoms with Crippen LogP contribution >= 0.6 is 0 Å². The molecule has 28 heavy (non-hydrogen) atoms. The molecule has 146 valence electrons. The van der Waals surface area contributed by atoms with Crippen LogP contribution in [0.5, 0.6) is 0 Å². The Balaban J connectivity index is 2.00. The molecule has 0 spiro atoms. The number of amides is 2. The van der Waals surface area contributed by atoms with Crippen LogP contribution in [0.3, 0.4) is 0 Å². The number of esters is 1. The van der Waals surface area contributed by atoms with E-state index in [-0.39, 0.29) is 24.8 Å². The number of ether oxygens (including phenoxy) is 1. The number of carbonyl (C=O) groups is 3. The predicted octanol–water partition coefficient (Wildman–Crippen LogP) is 2.16. The van der Waals surface area contributed by atoms with Crippen molar-refractivity contribution >= 4 is 23.5 Å². The molecule has 0 N–H and O–H groups in total. The van der Waals surface area contributed by atoms with Crippen LogP contribution in [0.25, 0.3) is 0 Å². The highest BCUT2D eigenvalue weighted by atomic mass is 16.5. The maximum Gasteiger partial charge on any atom is 0.325 e. The van der Waals surface area contributed by atoms with Gasteiger partial charge in [0.05, 0.1) is 12.5 Å². The molecule has 2 aromatic carbocycles. The molecule has 1 heterocycles. The molecule has 6 heteroatoms. The van der Waals surface area contributed by atoms with Crippen LogP contribution in [-0.2, 0) is 31.0 Å². The molecule has 0 aliphatic carbocycles. The molecule has 1 aliphatic rings. The van der Waals surface area contributed by atoms with E-state index in [9.17, 15) is 14.4 Å². The van der Waals surface area contributed by atoms with Gasteiger partial charge in [0.25, 0.3) is 0 Å². The largest absolute Gasteiger partial charge is 0.468 e. The van der Waals surface area contributed by atoms with Crippen molar-refractivity contribution < 1.29 is 19.1 Å². The van der Waals surface area contributed by atoms with Gasteiger partial charge in [-0.1, -0.05) is 48.5 Å². The number of carbonyl (C=O) groups excluding carboxylic acids is 3. The average molecular weight is 380 g/mol. The molecule has 0 radical (unpaired) electrons. The molecule has 0 bridgehead atoms. The lowest BCUT2D eigenvalue weighted by Crippen LogP contribution is -2.45. The van der Waals surface area contributed by atoms with E-state index < -0.39 is 11.4 Å². The highest BCUT2D eigenvalue weighted by Gasteiger charge is 2.51. The second-order valence-electron chi connectivity index (χ2n) is 7.13. The standard InChI is InChI=1S/C22H24N2O4/c1-23(15-20(26)28-3)19(25)14-22(13-16-9-5-4-6-10-16)17-11-7-8-12-18(17)24(2)21(22)27/h4-12H,13-15H2,1-3H3. The number of rotatable bonds is 6. The van der Waals surface area contributed by atoms with E-state index in [4.69, 9.17) is 0 Å². The normalized spacial score (nSPS) is 18.0. The predicted molar refractivity (Wildman–Crippen MR) is 106 cm³/mol. The fraction of sp³-hybridized carbons (Fsp3) is 0.318. The van der Waals surface area contributed by atoms with Crippen molar-refractivity contribution in [1.82, 2.24) is 4.90 Å². The van der Waals surface area contributed by atoms with Gasteiger partial charge in [0.1, 0.15) is 6.54 Å². The molecular weight excluding hydrogens is 356 g/mol. The summed E-state index contributed by atoms with van der Waals surface area (Å²) in [6.07, 6.45) is 0.390. The fourth-order valence-electron chi connectivity index (χ4n) is 3.80. The molecule has 1 unspecified atom stereocenters. The van der Waals surface area contributed by atoms with E-state index in [1.165, 1.54) is 12.0 Å². The number of fused-ring (bicyclic) bond motifs is 1. The molecular formula is C22H24N2O4. The van der Waals surface area contributed by atoms with E-state index in [0.717, 1.165) is 16.8 Å². The smallest absolute Gasteiger partial charge is 0.325 e. The zero-order valence-electron chi connectivity index (χ0n) is 16.3. The van der Waals surface area contributed by atoms with Crippen LogP contribution in [0.2, 0.25) is 0 Å². The third-order valence-corrected chi connectivity index (χ3v) is 5.32. The van der Waals surface area contributed by atoms with E-state index in [0.29, 0.717) is 6.42 Å². The Labute approximate surface area is 164 Å². The number of nitrogens with zero attached hydrogens (tertiary/aromatic N) is 2. The molecule has 0 fully saturated rings. The lowest BCUT2D eigenvalue weighted by Gasteiger charge is -2.30. The van der Waals surface area contributed by atoms with E-state index in [1.54, 1.807) is 19.0 Å². The number of hydrogen-bond acceptors (Lipinski definition) is 4. The highest BCUT2D eigenvalue weighted by molar-refractivity contribution is 6.10. The van der Waals surface area contributed by atoms with Gasteiger partial charge in [-0.2, -0.15) is 0 Å². The minimum absolute atomic E-state index is 0.0183. The van der Waals surface area contributed by atoms with Crippen LogP contribution < -0.4 is 4.90 Å². The zero-order chi connectivity index (χ0) is 20.3. The Hall–Kier alpha value is -3.15. The van der Waals surface area contributed by atoms with E-state index in [2.05, 4.69) is 4.74 Å². The molecule has 1 atom stereocenters. The van der Waals surface area contributed by atoms with Gasteiger partial charge < -0.3 is 14.5 Å². The topological polar surface area (TPSA) is 66.9 Å². The van der Waals surface area contributed by atoms with Crippen LogP contribution in [0.15, 0.2) is 54.6 Å². The molecule has 1 aliphatic heterocycles. The summed E-state index contributed by atoms with van der Waals surface area (Å²) >= 11 is 0. The summed E-state index contributed by atoms with van der Waals surface area (Å²) in [5, 5.41) is 0. The minimum Gasteiger partial charge on any atom is -0.468 e. The average Bonchev–Trinajstić information content (AvgIpc) is 2.91. The minimum atomic E-state index is -1.01. The van der Waals surface area contributed by atoms with Gasteiger partial charge in [-0.3, -0.25) is 14.4 Å². The Bertz CT molecular complexity index is 896. The molecule has 6 nitrogen and oxygen atoms in total. The Morgan fingerprint density at radius 2 is 1.71 bits per heavy atom. The first-order valence-electron chi connectivity index (χ1n) is 9.11. The second-order valence-corrected chi connectivity index (χ2v) is 7.13. The molecule has 2 aromatic rings. The third kappa shape index (κ3) is 3.50. The number of para-hydroxylation sites is 1. The summed E-state index contributed by atoms with van der Waals surface area (Å²) in [5.41, 5.74) is 1.62. The number of anilines is 1. The lowest BCUT2D eigenvalue weighted by atomic mass is 9.73. The summed E-state index contributed by atoms with van der Waals surface area (Å²) in [4.78, 5) is 40.8. The quantitative estimate of drug-likeness (QED) is 0.721. The maximum atomic E-state index is 13.4. The Kier molecular flexibility index (Phi) is 5.49. The van der Waals surface area contributed by atoms with Crippen molar-refractivity contribution in [1.29, 1.82) is 0 Å². The maximum absolute atomic E-state index is 13.4. The van der Waals surface area contributed by atoms with Crippen LogP contribution in [0.1, 0.15) is 17.5 Å². The summed E-state index contributed by atoms with van der Waals surface area (Å²) in [5.74, 6) is -0.889. The van der Waals surface area contributed by atoms with Crippen LogP contribution in [0, 0.1) is 0 Å². The van der Waals surface area contributed by atoms with Gasteiger partial charge in [0, 0.05) is 26.2 Å². The summed E-state index contributed by atoms with van der Waals surface area (Å²) in [7, 11) is 4.56. The summed E-state index contributed by atoms with van der Waals surface area (Å²) in [6.45, 7) is -0.150. The van der Waals surface area contributed by atoms with Gasteiger partial charge >= 0.3 is 5.97 Å². The van der Waals surface area contributed by atoms with Crippen molar-refractivity contribution in [3.63, 3.8) is 0 Å². The van der Waals surface area contributed by atoms with E-state index >= 15 is 0 Å². The van der Waals surface area contributed by atoms with Gasteiger partial charge in [-0.05, 0) is 23.6 Å². The van der Waals surface area contributed by atoms with Crippen molar-refractivity contribution in [2.45, 2.75) is 18.3 Å². The first-order chi connectivity index (χ1) is 13.4. The highest BCUT2D eigenvalue weighted by Crippen LogP contribution is 2.45. The third-order valence-electron chi connectivity index (χ3n) is 5.32. The molecule has 2 amide bonds. The SMILES string of the molecule is COC(=O)CN(C)C(=O)CC1(Cc2ccccc2)C(=O)N(C)c2ccccc21. The van der Waals surface area contributed by atoms with Crippen molar-refractivity contribution in [2.24, 2.45) is 0 Å². The number of methoxy groups -OCH3 is 1. The number of hydrogen-bond donors (Lipinski definition) is 0. The first kappa shape index (κ1) is 19.6. The van der Waals surface area contributed by atoms with Gasteiger partial charge in [0.2, 0.25) is 11.8 Å². The monoisotopic (exact) mass is 380 g/mol. The van der Waals surface area contributed by atoms with Gasteiger partial charge in [-0.25, -0.2) is 0 Å². The summed E-state index contributed by atoms with van der Waals surface area (Å²) in [6, 6.07) is 17.2. The van der Waals surface area contributed by atoms with Gasteiger partial charge in [-0.15, -0.1) is 0 Å². The summed E-state index contributed by atoms with van der Waals surface area (Å²) < 4.78 is 4.65. The first-order valence-corrected chi connectivity index (χ1v) is 9.11. The second kappa shape index (κ2) is 7.84. The fourth-order valence-corrected chi connectivity index (χ4v) is 3.80. The molecule has 0 saturated heterocycles. The molecule has 0 saturated carbocycles. The van der Waals surface area contributed by atoms with Crippen molar-refractivity contribution in [2.75, 3.05) is 32.6 Å². The van der Waals surface area contributed by atoms with Crippen LogP contribution in [0.4, 0.5) is 5.69 Å². The Morgan fingerprint density at radius 3 is 2.39 bits per heavy atom.